The number of carbonyl (C=O) groups is 2. The van der Waals surface area contributed by atoms with Crippen LogP contribution in [0.25, 0.3) is 11.3 Å². The minimum atomic E-state index is -4.24. The van der Waals surface area contributed by atoms with Crippen molar-refractivity contribution in [3.05, 3.63) is 69.3 Å². The van der Waals surface area contributed by atoms with Gasteiger partial charge in [-0.05, 0) is 36.8 Å². The van der Waals surface area contributed by atoms with Gasteiger partial charge < -0.3 is 0 Å². The van der Waals surface area contributed by atoms with E-state index < -0.39 is 15.9 Å². The average molecular weight is 464 g/mol. The Bertz CT molecular complexity index is 1270. The number of sulfonamides is 1. The summed E-state index contributed by atoms with van der Waals surface area (Å²) in [6.45, 7) is 4.25. The van der Waals surface area contributed by atoms with Crippen LogP contribution in [0.15, 0.2) is 63.9 Å². The molecule has 0 unspecified atom stereocenters. The standard InChI is InChI=1S/C20H18ClN3O4S2/c1-13-4-10-18(11-5-13)30(27,28)24(15(3)26)22-20-23(14(2)25)19(12-29-20)16-6-8-17(21)9-7-16/h4-12H,1-3H3. The lowest BCUT2D eigenvalue weighted by atomic mass is 10.2. The van der Waals surface area contributed by atoms with Gasteiger partial charge in [0.25, 0.3) is 15.9 Å². The van der Waals surface area contributed by atoms with Crippen LogP contribution in [0.4, 0.5) is 0 Å². The van der Waals surface area contributed by atoms with Crippen LogP contribution in [-0.4, -0.2) is 29.2 Å². The molecule has 0 spiro atoms. The van der Waals surface area contributed by atoms with E-state index >= 15 is 0 Å². The number of thiazole rings is 1. The molecule has 0 radical (unpaired) electrons. The molecule has 0 aliphatic rings. The molecule has 1 amide bonds. The summed E-state index contributed by atoms with van der Waals surface area (Å²) in [4.78, 5) is 24.5. The molecule has 3 rings (SSSR count). The van der Waals surface area contributed by atoms with E-state index in [-0.39, 0.29) is 15.6 Å². The molecule has 0 N–H and O–H groups in total. The summed E-state index contributed by atoms with van der Waals surface area (Å²) in [5.41, 5.74) is 2.09. The van der Waals surface area contributed by atoms with Crippen molar-refractivity contribution in [3.8, 4) is 11.3 Å². The lowest BCUT2D eigenvalue weighted by Gasteiger charge is -2.15. The van der Waals surface area contributed by atoms with Crippen LogP contribution in [0.5, 0.6) is 0 Å². The summed E-state index contributed by atoms with van der Waals surface area (Å²) >= 11 is 6.98. The van der Waals surface area contributed by atoms with Gasteiger partial charge >= 0.3 is 0 Å². The summed E-state index contributed by atoms with van der Waals surface area (Å²) in [6, 6.07) is 12.9. The molecule has 0 saturated heterocycles. The topological polar surface area (TPSA) is 88.8 Å². The second-order valence-corrected chi connectivity index (χ2v) is 9.49. The average Bonchev–Trinajstić information content (AvgIpc) is 3.10. The molecule has 0 aliphatic carbocycles. The third-order valence-corrected chi connectivity index (χ3v) is 6.89. The van der Waals surface area contributed by atoms with Crippen LogP contribution in [-0.2, 0) is 14.8 Å². The normalized spacial score (nSPS) is 12.1. The lowest BCUT2D eigenvalue weighted by molar-refractivity contribution is -0.124. The second-order valence-electron chi connectivity index (χ2n) is 6.44. The molecule has 10 heteroatoms. The highest BCUT2D eigenvalue weighted by Gasteiger charge is 2.27. The number of rotatable bonds is 4. The van der Waals surface area contributed by atoms with E-state index in [1.807, 2.05) is 6.92 Å². The molecule has 0 bridgehead atoms. The zero-order valence-electron chi connectivity index (χ0n) is 16.4. The molecule has 0 saturated carbocycles. The monoisotopic (exact) mass is 463 g/mol. The summed E-state index contributed by atoms with van der Waals surface area (Å²) in [7, 11) is -4.24. The molecule has 0 fully saturated rings. The van der Waals surface area contributed by atoms with E-state index in [0.717, 1.165) is 23.8 Å². The van der Waals surface area contributed by atoms with Crippen molar-refractivity contribution in [1.82, 2.24) is 8.98 Å². The summed E-state index contributed by atoms with van der Waals surface area (Å²) in [5, 5.41) is 6.25. The Balaban J connectivity index is 2.18. The Morgan fingerprint density at radius 2 is 1.63 bits per heavy atom. The lowest BCUT2D eigenvalue weighted by Crippen LogP contribution is -2.34. The molecule has 3 aromatic rings. The fraction of sp³-hybridized carbons (Fsp3) is 0.150. The maximum absolute atomic E-state index is 13.0. The van der Waals surface area contributed by atoms with Crippen LogP contribution >= 0.6 is 22.9 Å². The Morgan fingerprint density at radius 3 is 2.17 bits per heavy atom. The molecule has 1 aromatic heterocycles. The van der Waals surface area contributed by atoms with Gasteiger partial charge in [0, 0.05) is 24.3 Å². The molecular formula is C20H18ClN3O4S2. The Labute approximate surface area is 182 Å². The highest BCUT2D eigenvalue weighted by molar-refractivity contribution is 7.89. The number of hydrogen-bond donors (Lipinski definition) is 0. The zero-order valence-corrected chi connectivity index (χ0v) is 18.8. The molecule has 1 heterocycles. The first-order chi connectivity index (χ1) is 14.1. The fourth-order valence-corrected chi connectivity index (χ4v) is 4.99. The molecule has 0 atom stereocenters. The number of benzene rings is 2. The maximum atomic E-state index is 13.0. The number of nitrogens with zero attached hydrogens (tertiary/aromatic N) is 3. The van der Waals surface area contributed by atoms with Crippen LogP contribution in [0.3, 0.4) is 0 Å². The van der Waals surface area contributed by atoms with Crippen molar-refractivity contribution in [1.29, 1.82) is 0 Å². The largest absolute Gasteiger partial charge is 0.286 e. The summed E-state index contributed by atoms with van der Waals surface area (Å²) < 4.78 is 27.7. The van der Waals surface area contributed by atoms with Crippen molar-refractivity contribution >= 4 is 44.8 Å². The highest BCUT2D eigenvalue weighted by atomic mass is 35.5. The first kappa shape index (κ1) is 21.9. The Morgan fingerprint density at radius 1 is 1.03 bits per heavy atom. The number of aromatic nitrogens is 1. The molecule has 2 aromatic carbocycles. The van der Waals surface area contributed by atoms with Crippen molar-refractivity contribution in [3.63, 3.8) is 0 Å². The van der Waals surface area contributed by atoms with E-state index in [2.05, 4.69) is 5.10 Å². The van der Waals surface area contributed by atoms with Gasteiger partial charge in [-0.25, -0.2) is 0 Å². The maximum Gasteiger partial charge on any atom is 0.286 e. The van der Waals surface area contributed by atoms with Gasteiger partial charge in [-0.2, -0.15) is 8.42 Å². The van der Waals surface area contributed by atoms with Gasteiger partial charge in [0.1, 0.15) is 0 Å². The Hall–Kier alpha value is -2.75. The molecule has 0 aliphatic heterocycles. The van der Waals surface area contributed by atoms with Crippen LogP contribution in [0, 0.1) is 6.92 Å². The summed E-state index contributed by atoms with van der Waals surface area (Å²) in [5.74, 6) is -1.18. The minimum absolute atomic E-state index is 0.0540. The number of halogens is 1. The van der Waals surface area contributed by atoms with Crippen LogP contribution in [0.1, 0.15) is 24.2 Å². The number of amides is 1. The highest BCUT2D eigenvalue weighted by Crippen LogP contribution is 2.23. The zero-order chi connectivity index (χ0) is 22.1. The van der Waals surface area contributed by atoms with Crippen LogP contribution < -0.4 is 4.80 Å². The van der Waals surface area contributed by atoms with Gasteiger partial charge in [0.15, 0.2) is 0 Å². The van der Waals surface area contributed by atoms with E-state index in [1.54, 1.807) is 41.8 Å². The van der Waals surface area contributed by atoms with Crippen LogP contribution in [0.2, 0.25) is 5.02 Å². The van der Waals surface area contributed by atoms with Gasteiger partial charge in [0.05, 0.1) is 10.6 Å². The third kappa shape index (κ3) is 4.38. The predicted octanol–water partition coefficient (Wildman–Crippen LogP) is 3.89. The number of aryl methyl sites for hydroxylation is 1. The van der Waals surface area contributed by atoms with E-state index in [4.69, 9.17) is 11.6 Å². The van der Waals surface area contributed by atoms with Crippen molar-refractivity contribution in [2.24, 2.45) is 5.10 Å². The van der Waals surface area contributed by atoms with Gasteiger partial charge in [-0.15, -0.1) is 20.9 Å². The molecule has 30 heavy (non-hydrogen) atoms. The molecular weight excluding hydrogens is 446 g/mol. The minimum Gasteiger partial charge on any atom is -0.274 e. The van der Waals surface area contributed by atoms with Gasteiger partial charge in [-0.1, -0.05) is 41.4 Å². The first-order valence-electron chi connectivity index (χ1n) is 8.76. The van der Waals surface area contributed by atoms with Gasteiger partial charge in [-0.3, -0.25) is 14.2 Å². The van der Waals surface area contributed by atoms with E-state index in [9.17, 15) is 18.0 Å². The van der Waals surface area contributed by atoms with E-state index in [0.29, 0.717) is 20.7 Å². The smallest absolute Gasteiger partial charge is 0.274 e. The quantitative estimate of drug-likeness (QED) is 0.549. The van der Waals surface area contributed by atoms with Gasteiger partial charge in [0.2, 0.25) is 10.7 Å². The van der Waals surface area contributed by atoms with E-state index in [1.165, 1.54) is 23.6 Å². The third-order valence-electron chi connectivity index (χ3n) is 4.16. The fourth-order valence-electron chi connectivity index (χ4n) is 2.69. The summed E-state index contributed by atoms with van der Waals surface area (Å²) in [6.07, 6.45) is 0. The Kier molecular flexibility index (Phi) is 6.25. The number of hydrogen-bond acceptors (Lipinski definition) is 6. The predicted molar refractivity (Wildman–Crippen MR) is 116 cm³/mol. The SMILES string of the molecule is CC(=O)N(N=c1scc(-c2ccc(Cl)cc2)n1C(C)=O)S(=O)(=O)c1ccc(C)cc1. The number of carbonyl (C=O) groups excluding carboxylic acids is 2. The molecule has 7 nitrogen and oxygen atoms in total. The second kappa shape index (κ2) is 8.55. The molecule has 156 valence electrons. The first-order valence-corrected chi connectivity index (χ1v) is 11.5. The van der Waals surface area contributed by atoms with Crippen molar-refractivity contribution in [2.45, 2.75) is 25.7 Å². The van der Waals surface area contributed by atoms with Crippen molar-refractivity contribution in [2.75, 3.05) is 0 Å². The van der Waals surface area contributed by atoms with Crippen molar-refractivity contribution < 1.29 is 18.0 Å².